The van der Waals surface area contributed by atoms with Crippen molar-refractivity contribution < 1.29 is 23.1 Å². The molecular weight excluding hydrogens is 270 g/mol. The van der Waals surface area contributed by atoms with Gasteiger partial charge in [-0.1, -0.05) is 12.1 Å². The first-order valence-corrected chi connectivity index (χ1v) is 7.43. The third-order valence-corrected chi connectivity index (χ3v) is 3.65. The minimum atomic E-state index is -3.55. The van der Waals surface area contributed by atoms with Crippen LogP contribution in [0.15, 0.2) is 24.3 Å². The van der Waals surface area contributed by atoms with Crippen LogP contribution in [0.5, 0.6) is 5.75 Å². The van der Waals surface area contributed by atoms with Gasteiger partial charge in [-0.05, 0) is 24.6 Å². The molecular formula is C12H17NO5S. The molecule has 106 valence electrons. The third kappa shape index (κ3) is 6.78. The van der Waals surface area contributed by atoms with E-state index in [1.807, 2.05) is 25.1 Å². The number of aliphatic carboxylic acids is 1. The fraction of sp³-hybridized carbons (Fsp3) is 0.417. The van der Waals surface area contributed by atoms with Gasteiger partial charge in [0, 0.05) is 6.54 Å². The van der Waals surface area contributed by atoms with Gasteiger partial charge in [0.15, 0.2) is 0 Å². The minimum Gasteiger partial charge on any atom is -0.492 e. The van der Waals surface area contributed by atoms with E-state index in [0.717, 1.165) is 5.56 Å². The number of sulfonamides is 1. The third-order valence-electron chi connectivity index (χ3n) is 2.27. The topological polar surface area (TPSA) is 92.7 Å². The molecule has 0 spiro atoms. The number of hydrogen-bond donors (Lipinski definition) is 2. The average Bonchev–Trinajstić information content (AvgIpc) is 2.33. The van der Waals surface area contributed by atoms with E-state index in [4.69, 9.17) is 9.84 Å². The molecule has 7 heteroatoms. The Morgan fingerprint density at radius 3 is 2.79 bits per heavy atom. The number of carbonyl (C=O) groups is 1. The maximum Gasteiger partial charge on any atom is 0.304 e. The molecule has 0 atom stereocenters. The lowest BCUT2D eigenvalue weighted by atomic mass is 10.2. The minimum absolute atomic E-state index is 0.107. The second-order valence-electron chi connectivity index (χ2n) is 4.02. The van der Waals surface area contributed by atoms with Crippen LogP contribution in [0.1, 0.15) is 12.0 Å². The highest BCUT2D eigenvalue weighted by Crippen LogP contribution is 2.11. The Morgan fingerprint density at radius 2 is 2.16 bits per heavy atom. The van der Waals surface area contributed by atoms with Crippen LogP contribution in [-0.4, -0.2) is 38.4 Å². The molecule has 0 amide bonds. The molecule has 0 aliphatic carbocycles. The van der Waals surface area contributed by atoms with Crippen molar-refractivity contribution in [1.82, 2.24) is 4.72 Å². The SMILES string of the molecule is Cc1cccc(OCCNS(=O)(=O)CCC(=O)O)c1. The summed E-state index contributed by atoms with van der Waals surface area (Å²) in [5.41, 5.74) is 1.06. The van der Waals surface area contributed by atoms with Crippen LogP contribution in [0.4, 0.5) is 0 Å². The maximum absolute atomic E-state index is 11.4. The monoisotopic (exact) mass is 287 g/mol. The average molecular weight is 287 g/mol. The first-order chi connectivity index (χ1) is 8.89. The fourth-order valence-corrected chi connectivity index (χ4v) is 2.35. The summed E-state index contributed by atoms with van der Waals surface area (Å²) >= 11 is 0. The number of carboxylic acids is 1. The van der Waals surface area contributed by atoms with Gasteiger partial charge in [-0.15, -0.1) is 0 Å². The van der Waals surface area contributed by atoms with Gasteiger partial charge < -0.3 is 9.84 Å². The number of rotatable bonds is 8. The summed E-state index contributed by atoms with van der Waals surface area (Å²) in [5, 5.41) is 8.41. The summed E-state index contributed by atoms with van der Waals surface area (Å²) in [6, 6.07) is 7.41. The zero-order valence-corrected chi connectivity index (χ0v) is 11.4. The Balaban J connectivity index is 2.29. The summed E-state index contributed by atoms with van der Waals surface area (Å²) in [6.45, 7) is 2.23. The predicted octanol–water partition coefficient (Wildman–Crippen LogP) is 0.768. The van der Waals surface area contributed by atoms with E-state index >= 15 is 0 Å². The van der Waals surface area contributed by atoms with Gasteiger partial charge >= 0.3 is 5.97 Å². The van der Waals surface area contributed by atoms with E-state index in [1.165, 1.54) is 0 Å². The second-order valence-corrected chi connectivity index (χ2v) is 5.95. The zero-order chi connectivity index (χ0) is 14.3. The Hall–Kier alpha value is -1.60. The number of aryl methyl sites for hydroxylation is 1. The van der Waals surface area contributed by atoms with Crippen molar-refractivity contribution >= 4 is 16.0 Å². The normalized spacial score (nSPS) is 11.2. The summed E-state index contributed by atoms with van der Waals surface area (Å²) in [7, 11) is -3.55. The molecule has 2 N–H and O–H groups in total. The van der Waals surface area contributed by atoms with Crippen molar-refractivity contribution in [3.05, 3.63) is 29.8 Å². The Kier molecular flexibility index (Phi) is 5.78. The molecule has 0 radical (unpaired) electrons. The van der Waals surface area contributed by atoms with Crippen molar-refractivity contribution in [2.24, 2.45) is 0 Å². The summed E-state index contributed by atoms with van der Waals surface area (Å²) in [5.74, 6) is -0.890. The van der Waals surface area contributed by atoms with Crippen molar-refractivity contribution in [2.75, 3.05) is 18.9 Å². The van der Waals surface area contributed by atoms with Gasteiger partial charge in [-0.25, -0.2) is 13.1 Å². The molecule has 0 aromatic heterocycles. The van der Waals surface area contributed by atoms with Gasteiger partial charge in [-0.3, -0.25) is 4.79 Å². The van der Waals surface area contributed by atoms with Crippen LogP contribution in [-0.2, 0) is 14.8 Å². The molecule has 0 fully saturated rings. The molecule has 1 rings (SSSR count). The number of hydrogen-bond acceptors (Lipinski definition) is 4. The lowest BCUT2D eigenvalue weighted by Gasteiger charge is -2.08. The molecule has 19 heavy (non-hydrogen) atoms. The van der Waals surface area contributed by atoms with E-state index in [0.29, 0.717) is 5.75 Å². The van der Waals surface area contributed by atoms with Crippen molar-refractivity contribution in [3.63, 3.8) is 0 Å². The van der Waals surface area contributed by atoms with Gasteiger partial charge in [-0.2, -0.15) is 0 Å². The molecule has 6 nitrogen and oxygen atoms in total. The van der Waals surface area contributed by atoms with Gasteiger partial charge in [0.05, 0.1) is 12.2 Å². The number of carboxylic acid groups (broad SMARTS) is 1. The maximum atomic E-state index is 11.4. The fourth-order valence-electron chi connectivity index (χ4n) is 1.37. The van der Waals surface area contributed by atoms with E-state index in [-0.39, 0.29) is 13.2 Å². The van der Waals surface area contributed by atoms with E-state index in [1.54, 1.807) is 6.07 Å². The van der Waals surface area contributed by atoms with E-state index < -0.39 is 28.2 Å². The van der Waals surface area contributed by atoms with Gasteiger partial charge in [0.25, 0.3) is 0 Å². The lowest BCUT2D eigenvalue weighted by Crippen LogP contribution is -2.31. The Morgan fingerprint density at radius 1 is 1.42 bits per heavy atom. The standard InChI is InChI=1S/C12H17NO5S/c1-10-3-2-4-11(9-10)18-7-6-13-19(16,17)8-5-12(14)15/h2-4,9,13H,5-8H2,1H3,(H,14,15). The number of benzene rings is 1. The van der Waals surface area contributed by atoms with Crippen LogP contribution < -0.4 is 9.46 Å². The Bertz CT molecular complexity index is 527. The molecule has 0 saturated heterocycles. The molecule has 0 aliphatic heterocycles. The summed E-state index contributed by atoms with van der Waals surface area (Å²) in [4.78, 5) is 10.3. The quantitative estimate of drug-likeness (QED) is 0.689. The number of ether oxygens (including phenoxy) is 1. The second kappa shape index (κ2) is 7.10. The van der Waals surface area contributed by atoms with Crippen molar-refractivity contribution in [3.8, 4) is 5.75 Å². The van der Waals surface area contributed by atoms with Gasteiger partial charge in [0.2, 0.25) is 10.0 Å². The first kappa shape index (κ1) is 15.5. The van der Waals surface area contributed by atoms with Crippen LogP contribution in [0, 0.1) is 6.92 Å². The van der Waals surface area contributed by atoms with E-state index in [9.17, 15) is 13.2 Å². The lowest BCUT2D eigenvalue weighted by molar-refractivity contribution is -0.136. The largest absolute Gasteiger partial charge is 0.492 e. The highest BCUT2D eigenvalue weighted by atomic mass is 32.2. The number of nitrogens with one attached hydrogen (secondary N) is 1. The first-order valence-electron chi connectivity index (χ1n) is 5.78. The molecule has 0 bridgehead atoms. The zero-order valence-electron chi connectivity index (χ0n) is 10.6. The Labute approximate surface area is 112 Å². The highest BCUT2D eigenvalue weighted by molar-refractivity contribution is 7.89. The van der Waals surface area contributed by atoms with Gasteiger partial charge in [0.1, 0.15) is 12.4 Å². The molecule has 0 aliphatic rings. The molecule has 0 saturated carbocycles. The molecule has 1 aromatic rings. The van der Waals surface area contributed by atoms with Crippen LogP contribution in [0.3, 0.4) is 0 Å². The summed E-state index contributed by atoms with van der Waals surface area (Å²) in [6.07, 6.45) is -0.409. The summed E-state index contributed by atoms with van der Waals surface area (Å²) < 4.78 is 30.4. The smallest absolute Gasteiger partial charge is 0.304 e. The molecule has 1 aromatic carbocycles. The van der Waals surface area contributed by atoms with Crippen LogP contribution in [0.25, 0.3) is 0 Å². The predicted molar refractivity (Wildman–Crippen MR) is 70.7 cm³/mol. The highest BCUT2D eigenvalue weighted by Gasteiger charge is 2.11. The van der Waals surface area contributed by atoms with Crippen LogP contribution in [0.2, 0.25) is 0 Å². The van der Waals surface area contributed by atoms with E-state index in [2.05, 4.69) is 4.72 Å². The van der Waals surface area contributed by atoms with Crippen molar-refractivity contribution in [2.45, 2.75) is 13.3 Å². The van der Waals surface area contributed by atoms with Crippen molar-refractivity contribution in [1.29, 1.82) is 0 Å². The molecule has 0 heterocycles. The molecule has 0 unspecified atom stereocenters. The van der Waals surface area contributed by atoms with Crippen LogP contribution >= 0.6 is 0 Å².